The maximum absolute atomic E-state index is 12.5. The van der Waals surface area contributed by atoms with E-state index in [2.05, 4.69) is 16.3 Å². The molecule has 1 saturated carbocycles. The first-order chi connectivity index (χ1) is 12.2. The Morgan fingerprint density at radius 3 is 2.72 bits per heavy atom. The van der Waals surface area contributed by atoms with E-state index in [1.165, 1.54) is 25.7 Å². The highest BCUT2D eigenvalue weighted by Gasteiger charge is 2.35. The summed E-state index contributed by atoms with van der Waals surface area (Å²) in [5.74, 6) is 1.13. The molecule has 1 aromatic carbocycles. The highest BCUT2D eigenvalue weighted by Crippen LogP contribution is 2.36. The van der Waals surface area contributed by atoms with E-state index in [4.69, 9.17) is 9.72 Å². The number of thiazole rings is 1. The molecule has 0 spiro atoms. The van der Waals surface area contributed by atoms with Gasteiger partial charge in [0.05, 0.1) is 17.7 Å². The SMILES string of the molecule is COc1cccc2sc(N3CC(C(=O)NC4CCCCCC4)C3)nc12. The molecule has 1 saturated heterocycles. The summed E-state index contributed by atoms with van der Waals surface area (Å²) in [4.78, 5) is 19.4. The summed E-state index contributed by atoms with van der Waals surface area (Å²) in [5, 5.41) is 4.26. The second-order valence-electron chi connectivity index (χ2n) is 7.10. The van der Waals surface area contributed by atoms with Crippen LogP contribution in [-0.2, 0) is 4.79 Å². The van der Waals surface area contributed by atoms with Gasteiger partial charge in [-0.3, -0.25) is 4.79 Å². The number of rotatable bonds is 4. The van der Waals surface area contributed by atoms with Crippen LogP contribution in [0.25, 0.3) is 10.2 Å². The molecule has 1 aromatic heterocycles. The first kappa shape index (κ1) is 16.6. The fraction of sp³-hybridized carbons (Fsp3) is 0.579. The van der Waals surface area contributed by atoms with Crippen LogP contribution in [0.1, 0.15) is 38.5 Å². The number of amides is 1. The number of hydrogen-bond acceptors (Lipinski definition) is 5. The molecule has 134 valence electrons. The van der Waals surface area contributed by atoms with Crippen LogP contribution in [0.2, 0.25) is 0 Å². The maximum Gasteiger partial charge on any atom is 0.226 e. The van der Waals surface area contributed by atoms with E-state index >= 15 is 0 Å². The van der Waals surface area contributed by atoms with E-state index in [0.29, 0.717) is 6.04 Å². The molecule has 0 radical (unpaired) electrons. The Morgan fingerprint density at radius 1 is 1.24 bits per heavy atom. The first-order valence-corrected chi connectivity index (χ1v) is 10.0. The molecule has 2 heterocycles. The second-order valence-corrected chi connectivity index (χ2v) is 8.11. The van der Waals surface area contributed by atoms with Gasteiger partial charge >= 0.3 is 0 Å². The molecule has 2 aliphatic rings. The van der Waals surface area contributed by atoms with E-state index in [1.807, 2.05) is 12.1 Å². The van der Waals surface area contributed by atoms with Crippen molar-refractivity contribution in [1.82, 2.24) is 10.3 Å². The van der Waals surface area contributed by atoms with Gasteiger partial charge in [-0.25, -0.2) is 4.98 Å². The lowest BCUT2D eigenvalue weighted by Crippen LogP contribution is -2.55. The molecule has 1 N–H and O–H groups in total. The van der Waals surface area contributed by atoms with Crippen LogP contribution in [0.5, 0.6) is 5.75 Å². The predicted molar refractivity (Wildman–Crippen MR) is 102 cm³/mol. The number of fused-ring (bicyclic) bond motifs is 1. The summed E-state index contributed by atoms with van der Waals surface area (Å²) in [6.07, 6.45) is 7.39. The fourth-order valence-electron chi connectivity index (χ4n) is 3.75. The lowest BCUT2D eigenvalue weighted by Gasteiger charge is -2.38. The average molecular weight is 359 g/mol. The van der Waals surface area contributed by atoms with E-state index in [0.717, 1.165) is 47.0 Å². The fourth-order valence-corrected chi connectivity index (χ4v) is 4.76. The van der Waals surface area contributed by atoms with Gasteiger partial charge in [0.1, 0.15) is 11.3 Å². The van der Waals surface area contributed by atoms with Crippen LogP contribution < -0.4 is 15.0 Å². The largest absolute Gasteiger partial charge is 0.494 e. The van der Waals surface area contributed by atoms with E-state index < -0.39 is 0 Å². The van der Waals surface area contributed by atoms with E-state index in [1.54, 1.807) is 18.4 Å². The van der Waals surface area contributed by atoms with Crippen molar-refractivity contribution in [3.05, 3.63) is 18.2 Å². The summed E-state index contributed by atoms with van der Waals surface area (Å²) in [7, 11) is 1.67. The highest BCUT2D eigenvalue weighted by molar-refractivity contribution is 7.22. The molecule has 6 heteroatoms. The van der Waals surface area contributed by atoms with Crippen molar-refractivity contribution in [2.75, 3.05) is 25.1 Å². The first-order valence-electron chi connectivity index (χ1n) is 9.23. The normalized spacial score (nSPS) is 19.5. The number of aromatic nitrogens is 1. The van der Waals surface area contributed by atoms with Crippen molar-refractivity contribution >= 4 is 32.6 Å². The molecule has 25 heavy (non-hydrogen) atoms. The van der Waals surface area contributed by atoms with Crippen molar-refractivity contribution in [2.24, 2.45) is 5.92 Å². The van der Waals surface area contributed by atoms with E-state index in [9.17, 15) is 4.79 Å². The number of para-hydroxylation sites is 1. The summed E-state index contributed by atoms with van der Waals surface area (Å²) in [5.41, 5.74) is 0.913. The number of carbonyl (C=O) groups is 1. The standard InChI is InChI=1S/C19H25N3O2S/c1-24-15-9-6-10-16-17(15)21-19(25-16)22-11-13(12-22)18(23)20-14-7-4-2-3-5-8-14/h6,9-10,13-14H,2-5,7-8,11-12H2,1H3,(H,20,23). The lowest BCUT2D eigenvalue weighted by molar-refractivity contribution is -0.126. The quantitative estimate of drug-likeness (QED) is 0.848. The molecule has 2 fully saturated rings. The number of nitrogens with zero attached hydrogens (tertiary/aromatic N) is 2. The molecule has 0 atom stereocenters. The average Bonchev–Trinajstić information content (AvgIpc) is 2.82. The summed E-state index contributed by atoms with van der Waals surface area (Å²) < 4.78 is 6.51. The number of ether oxygens (including phenoxy) is 1. The molecule has 2 aromatic rings. The van der Waals surface area contributed by atoms with Crippen molar-refractivity contribution in [2.45, 2.75) is 44.6 Å². The molecular weight excluding hydrogens is 334 g/mol. The zero-order valence-corrected chi connectivity index (χ0v) is 15.5. The maximum atomic E-state index is 12.5. The molecule has 0 unspecified atom stereocenters. The number of nitrogens with one attached hydrogen (secondary N) is 1. The van der Waals surface area contributed by atoms with Crippen LogP contribution in [0.3, 0.4) is 0 Å². The van der Waals surface area contributed by atoms with Crippen molar-refractivity contribution in [3.8, 4) is 5.75 Å². The van der Waals surface area contributed by atoms with Crippen LogP contribution in [0, 0.1) is 5.92 Å². The zero-order chi connectivity index (χ0) is 17.2. The molecule has 0 bridgehead atoms. The Bertz CT molecular complexity index is 746. The minimum atomic E-state index is 0.0946. The third kappa shape index (κ3) is 3.45. The zero-order valence-electron chi connectivity index (χ0n) is 14.7. The number of benzene rings is 1. The molecule has 1 amide bonds. The van der Waals surface area contributed by atoms with Crippen LogP contribution in [0.4, 0.5) is 5.13 Å². The second kappa shape index (κ2) is 7.20. The van der Waals surface area contributed by atoms with Gasteiger partial charge in [0.2, 0.25) is 5.91 Å². The molecular formula is C19H25N3O2S. The van der Waals surface area contributed by atoms with Gasteiger partial charge in [-0.1, -0.05) is 43.1 Å². The van der Waals surface area contributed by atoms with Crippen molar-refractivity contribution < 1.29 is 9.53 Å². The molecule has 5 nitrogen and oxygen atoms in total. The summed E-state index contributed by atoms with van der Waals surface area (Å²) >= 11 is 1.67. The van der Waals surface area contributed by atoms with Gasteiger partial charge in [0.25, 0.3) is 0 Å². The Balaban J connectivity index is 1.36. The van der Waals surface area contributed by atoms with Gasteiger partial charge in [-0.05, 0) is 25.0 Å². The third-order valence-corrected chi connectivity index (χ3v) is 6.40. The molecule has 4 rings (SSSR count). The topological polar surface area (TPSA) is 54.5 Å². The number of carbonyl (C=O) groups excluding carboxylic acids is 1. The summed E-state index contributed by atoms with van der Waals surface area (Å²) in [6.45, 7) is 1.53. The van der Waals surface area contributed by atoms with Crippen LogP contribution >= 0.6 is 11.3 Å². The van der Waals surface area contributed by atoms with Crippen molar-refractivity contribution in [1.29, 1.82) is 0 Å². The minimum absolute atomic E-state index is 0.0946. The van der Waals surface area contributed by atoms with Crippen LogP contribution in [-0.4, -0.2) is 37.1 Å². The smallest absolute Gasteiger partial charge is 0.226 e. The van der Waals surface area contributed by atoms with Gasteiger partial charge in [-0.15, -0.1) is 0 Å². The summed E-state index contributed by atoms with van der Waals surface area (Å²) in [6, 6.07) is 6.37. The minimum Gasteiger partial charge on any atom is -0.494 e. The van der Waals surface area contributed by atoms with Gasteiger partial charge < -0.3 is 15.0 Å². The van der Waals surface area contributed by atoms with Crippen molar-refractivity contribution in [3.63, 3.8) is 0 Å². The third-order valence-electron chi connectivity index (χ3n) is 5.32. The Hall–Kier alpha value is -1.82. The number of hydrogen-bond donors (Lipinski definition) is 1. The van der Waals surface area contributed by atoms with Gasteiger partial charge in [0.15, 0.2) is 5.13 Å². The van der Waals surface area contributed by atoms with Gasteiger partial charge in [0, 0.05) is 19.1 Å². The monoisotopic (exact) mass is 359 g/mol. The van der Waals surface area contributed by atoms with Crippen LogP contribution in [0.15, 0.2) is 18.2 Å². The Kier molecular flexibility index (Phi) is 4.79. The Morgan fingerprint density at radius 2 is 2.00 bits per heavy atom. The number of anilines is 1. The van der Waals surface area contributed by atoms with Gasteiger partial charge in [-0.2, -0.15) is 0 Å². The molecule has 1 aliphatic carbocycles. The number of methoxy groups -OCH3 is 1. The molecule has 1 aliphatic heterocycles. The highest BCUT2D eigenvalue weighted by atomic mass is 32.1. The lowest BCUT2D eigenvalue weighted by atomic mass is 9.98. The predicted octanol–water partition coefficient (Wildman–Crippen LogP) is 3.58. The Labute approximate surface area is 152 Å². The van der Waals surface area contributed by atoms with E-state index in [-0.39, 0.29) is 11.8 Å².